The van der Waals surface area contributed by atoms with Gasteiger partial charge in [-0.05, 0) is 71.1 Å². The molecule has 1 saturated carbocycles. The molecule has 0 bridgehead atoms. The van der Waals surface area contributed by atoms with Gasteiger partial charge in [0.15, 0.2) is 0 Å². The van der Waals surface area contributed by atoms with E-state index < -0.39 is 0 Å². The molecule has 1 aliphatic heterocycles. The molecule has 0 aromatic heterocycles. The number of hydrogen-bond acceptors (Lipinski definition) is 3. The first-order valence-corrected chi connectivity index (χ1v) is 8.47. The van der Waals surface area contributed by atoms with E-state index in [9.17, 15) is 5.11 Å². The van der Waals surface area contributed by atoms with Gasteiger partial charge in [-0.15, -0.1) is 0 Å². The van der Waals surface area contributed by atoms with Crippen molar-refractivity contribution in [1.82, 2.24) is 4.90 Å². The summed E-state index contributed by atoms with van der Waals surface area (Å²) in [5.74, 6) is 1.64. The summed E-state index contributed by atoms with van der Waals surface area (Å²) in [6.45, 7) is 10.8. The molecule has 1 aliphatic carbocycles. The molecule has 2 rings (SSSR count). The van der Waals surface area contributed by atoms with Gasteiger partial charge in [0, 0.05) is 19.6 Å². The molecule has 2 fully saturated rings. The van der Waals surface area contributed by atoms with E-state index in [-0.39, 0.29) is 11.7 Å². The minimum Gasteiger partial charge on any atom is -0.393 e. The third-order valence-electron chi connectivity index (χ3n) is 4.79. The lowest BCUT2D eigenvalue weighted by Crippen LogP contribution is -2.39. The molecular weight excluding hydrogens is 250 g/mol. The van der Waals surface area contributed by atoms with Gasteiger partial charge in [-0.1, -0.05) is 0 Å². The summed E-state index contributed by atoms with van der Waals surface area (Å²) in [6, 6.07) is 0. The predicted octanol–water partition coefficient (Wildman–Crippen LogP) is 3.06. The second-order valence-corrected chi connectivity index (χ2v) is 7.84. The van der Waals surface area contributed by atoms with Gasteiger partial charge in [-0.2, -0.15) is 0 Å². The Morgan fingerprint density at radius 2 is 1.50 bits per heavy atom. The molecule has 118 valence electrons. The zero-order chi connectivity index (χ0) is 14.6. The lowest BCUT2D eigenvalue weighted by Gasteiger charge is -2.36. The summed E-state index contributed by atoms with van der Waals surface area (Å²) < 4.78 is 5.93. The second-order valence-electron chi connectivity index (χ2n) is 7.84. The molecule has 1 saturated heterocycles. The highest BCUT2D eigenvalue weighted by Crippen LogP contribution is 2.30. The first-order chi connectivity index (χ1) is 9.42. The van der Waals surface area contributed by atoms with Crippen molar-refractivity contribution in [1.29, 1.82) is 0 Å². The van der Waals surface area contributed by atoms with Crippen molar-refractivity contribution in [3.8, 4) is 0 Å². The van der Waals surface area contributed by atoms with Crippen LogP contribution in [-0.2, 0) is 4.74 Å². The van der Waals surface area contributed by atoms with Gasteiger partial charge in [-0.25, -0.2) is 0 Å². The molecule has 1 heterocycles. The molecule has 0 radical (unpaired) electrons. The number of piperidine rings is 1. The van der Waals surface area contributed by atoms with E-state index in [1.54, 1.807) is 0 Å². The van der Waals surface area contributed by atoms with Gasteiger partial charge >= 0.3 is 0 Å². The van der Waals surface area contributed by atoms with Crippen LogP contribution in [0.4, 0.5) is 0 Å². The maximum Gasteiger partial charge on any atom is 0.0598 e. The van der Waals surface area contributed by atoms with Crippen molar-refractivity contribution < 1.29 is 9.84 Å². The Balaban J connectivity index is 1.62. The van der Waals surface area contributed by atoms with Gasteiger partial charge in [0.1, 0.15) is 0 Å². The number of aliphatic hydroxyl groups is 1. The zero-order valence-electron chi connectivity index (χ0n) is 13.6. The highest BCUT2D eigenvalue weighted by atomic mass is 16.5. The number of nitrogens with zero attached hydrogens (tertiary/aromatic N) is 1. The van der Waals surface area contributed by atoms with Crippen molar-refractivity contribution in [2.75, 3.05) is 26.2 Å². The van der Waals surface area contributed by atoms with Gasteiger partial charge < -0.3 is 14.7 Å². The zero-order valence-corrected chi connectivity index (χ0v) is 13.6. The molecule has 0 atom stereocenters. The van der Waals surface area contributed by atoms with Crippen LogP contribution in [-0.4, -0.2) is 48.0 Å². The Morgan fingerprint density at radius 3 is 2.05 bits per heavy atom. The fourth-order valence-corrected chi connectivity index (χ4v) is 3.42. The van der Waals surface area contributed by atoms with Crippen LogP contribution in [0.3, 0.4) is 0 Å². The smallest absolute Gasteiger partial charge is 0.0598 e. The Labute approximate surface area is 124 Å². The Bertz CT molecular complexity index is 271. The van der Waals surface area contributed by atoms with Crippen LogP contribution in [0.5, 0.6) is 0 Å². The van der Waals surface area contributed by atoms with Gasteiger partial charge in [-0.3, -0.25) is 0 Å². The van der Waals surface area contributed by atoms with E-state index in [0.29, 0.717) is 0 Å². The minimum absolute atomic E-state index is 0.00544. The number of hydrogen-bond donors (Lipinski definition) is 1. The first kappa shape index (κ1) is 16.3. The van der Waals surface area contributed by atoms with E-state index in [4.69, 9.17) is 4.74 Å². The minimum atomic E-state index is -0.0449. The molecule has 20 heavy (non-hydrogen) atoms. The first-order valence-electron chi connectivity index (χ1n) is 8.47. The standard InChI is InChI=1S/C17H33NO2/c1-17(2,3)20-13-15-6-4-14(5-7-15)12-18-10-8-16(19)9-11-18/h14-16,19H,4-13H2,1-3H3. The third kappa shape index (κ3) is 5.71. The summed E-state index contributed by atoms with van der Waals surface area (Å²) >= 11 is 0. The Hall–Kier alpha value is -0.120. The van der Waals surface area contributed by atoms with Gasteiger partial charge in [0.2, 0.25) is 0 Å². The second kappa shape index (κ2) is 7.24. The van der Waals surface area contributed by atoms with E-state index in [1.165, 1.54) is 32.2 Å². The Morgan fingerprint density at radius 1 is 0.950 bits per heavy atom. The molecule has 0 aromatic carbocycles. The number of aliphatic hydroxyl groups excluding tert-OH is 1. The van der Waals surface area contributed by atoms with E-state index in [0.717, 1.165) is 44.4 Å². The molecule has 0 amide bonds. The number of likely N-dealkylation sites (tertiary alicyclic amines) is 1. The fourth-order valence-electron chi connectivity index (χ4n) is 3.42. The average molecular weight is 283 g/mol. The molecule has 2 aliphatic rings. The largest absolute Gasteiger partial charge is 0.393 e. The van der Waals surface area contributed by atoms with Crippen LogP contribution in [0, 0.1) is 11.8 Å². The summed E-state index contributed by atoms with van der Waals surface area (Å²) in [4.78, 5) is 2.56. The van der Waals surface area contributed by atoms with Gasteiger partial charge in [0.05, 0.1) is 18.3 Å². The maximum absolute atomic E-state index is 9.55. The number of ether oxygens (including phenoxy) is 1. The molecule has 0 spiro atoms. The van der Waals surface area contributed by atoms with Crippen LogP contribution in [0.1, 0.15) is 59.3 Å². The fraction of sp³-hybridized carbons (Fsp3) is 1.00. The molecule has 3 nitrogen and oxygen atoms in total. The van der Waals surface area contributed by atoms with Crippen molar-refractivity contribution in [2.45, 2.75) is 71.0 Å². The van der Waals surface area contributed by atoms with Crippen LogP contribution >= 0.6 is 0 Å². The molecule has 3 heteroatoms. The lowest BCUT2D eigenvalue weighted by molar-refractivity contribution is -0.0313. The highest BCUT2D eigenvalue weighted by Gasteiger charge is 2.26. The summed E-state index contributed by atoms with van der Waals surface area (Å²) in [5.41, 5.74) is 0.00544. The summed E-state index contributed by atoms with van der Waals surface area (Å²) in [6.07, 6.45) is 7.27. The van der Waals surface area contributed by atoms with Crippen molar-refractivity contribution in [2.24, 2.45) is 11.8 Å². The monoisotopic (exact) mass is 283 g/mol. The average Bonchev–Trinajstić information content (AvgIpc) is 2.40. The van der Waals surface area contributed by atoms with Crippen LogP contribution in [0.25, 0.3) is 0 Å². The molecular formula is C17H33NO2. The quantitative estimate of drug-likeness (QED) is 0.860. The van der Waals surface area contributed by atoms with E-state index in [1.807, 2.05) is 0 Å². The van der Waals surface area contributed by atoms with Gasteiger partial charge in [0.25, 0.3) is 0 Å². The Kier molecular flexibility index (Phi) is 5.88. The van der Waals surface area contributed by atoms with Crippen LogP contribution in [0.15, 0.2) is 0 Å². The predicted molar refractivity (Wildman–Crippen MR) is 82.8 cm³/mol. The third-order valence-corrected chi connectivity index (χ3v) is 4.79. The van der Waals surface area contributed by atoms with Crippen molar-refractivity contribution >= 4 is 0 Å². The van der Waals surface area contributed by atoms with Crippen molar-refractivity contribution in [3.63, 3.8) is 0 Å². The topological polar surface area (TPSA) is 32.7 Å². The van der Waals surface area contributed by atoms with Crippen molar-refractivity contribution in [3.05, 3.63) is 0 Å². The number of rotatable bonds is 4. The summed E-state index contributed by atoms with van der Waals surface area (Å²) in [5, 5.41) is 9.55. The van der Waals surface area contributed by atoms with E-state index >= 15 is 0 Å². The normalized spacial score (nSPS) is 30.6. The lowest BCUT2D eigenvalue weighted by atomic mass is 9.82. The summed E-state index contributed by atoms with van der Waals surface area (Å²) in [7, 11) is 0. The maximum atomic E-state index is 9.55. The highest BCUT2D eigenvalue weighted by molar-refractivity contribution is 4.78. The SMILES string of the molecule is CC(C)(C)OCC1CCC(CN2CCC(O)CC2)CC1. The molecule has 0 aromatic rings. The van der Waals surface area contributed by atoms with Crippen LogP contribution < -0.4 is 0 Å². The van der Waals surface area contributed by atoms with E-state index in [2.05, 4.69) is 25.7 Å². The van der Waals surface area contributed by atoms with Crippen LogP contribution in [0.2, 0.25) is 0 Å². The molecule has 1 N–H and O–H groups in total. The molecule has 0 unspecified atom stereocenters.